The molecule has 1 aliphatic heterocycles. The molecule has 0 spiro atoms. The molecule has 1 N–H and O–H groups in total. The van der Waals surface area contributed by atoms with E-state index in [1.807, 2.05) is 50.2 Å². The number of amides is 1. The van der Waals surface area contributed by atoms with Crippen LogP contribution < -0.4 is 14.8 Å². The quantitative estimate of drug-likeness (QED) is 0.852. The lowest BCUT2D eigenvalue weighted by atomic mass is 10.0. The molecule has 0 radical (unpaired) electrons. The normalized spacial score (nSPS) is 15.6. The Morgan fingerprint density at radius 3 is 2.64 bits per heavy atom. The number of carbonyl (C=O) groups excluding carboxylic acids is 1. The first-order valence-electron chi connectivity index (χ1n) is 8.85. The molecule has 132 valence electrons. The van der Waals surface area contributed by atoms with Crippen molar-refractivity contribution in [2.24, 2.45) is 0 Å². The highest BCUT2D eigenvalue weighted by Gasteiger charge is 2.22. The standard InChI is InChI=1S/C21H25NO3/c1-5-24-20-11-17-10-14(4)25-19(17)12-18(20)22-21(23)16-8-6-15(7-9-16)13(2)3/h6-9,11-14H,5,10H2,1-4H3,(H,22,23). The molecule has 0 saturated carbocycles. The minimum absolute atomic E-state index is 0.151. The maximum atomic E-state index is 12.6. The van der Waals surface area contributed by atoms with Gasteiger partial charge in [0, 0.05) is 23.6 Å². The summed E-state index contributed by atoms with van der Waals surface area (Å²) in [7, 11) is 0. The van der Waals surface area contributed by atoms with E-state index in [1.165, 1.54) is 5.56 Å². The van der Waals surface area contributed by atoms with Crippen molar-refractivity contribution < 1.29 is 14.3 Å². The number of ether oxygens (including phenoxy) is 2. The summed E-state index contributed by atoms with van der Waals surface area (Å²) in [4.78, 5) is 12.6. The van der Waals surface area contributed by atoms with Gasteiger partial charge in [0.05, 0.1) is 12.3 Å². The number of anilines is 1. The molecule has 1 aliphatic rings. The van der Waals surface area contributed by atoms with Crippen LogP contribution in [0.4, 0.5) is 5.69 Å². The lowest BCUT2D eigenvalue weighted by Gasteiger charge is -2.14. The van der Waals surface area contributed by atoms with Crippen molar-refractivity contribution in [1.82, 2.24) is 0 Å². The Labute approximate surface area is 149 Å². The Kier molecular flexibility index (Phi) is 4.98. The predicted octanol–water partition coefficient (Wildman–Crippen LogP) is 4.78. The molecule has 2 aromatic carbocycles. The largest absolute Gasteiger partial charge is 0.492 e. The van der Waals surface area contributed by atoms with Crippen molar-refractivity contribution in [3.05, 3.63) is 53.1 Å². The van der Waals surface area contributed by atoms with Crippen LogP contribution in [0.3, 0.4) is 0 Å². The molecule has 1 unspecified atom stereocenters. The summed E-state index contributed by atoms with van der Waals surface area (Å²) >= 11 is 0. The topological polar surface area (TPSA) is 47.6 Å². The third-order valence-electron chi connectivity index (χ3n) is 4.39. The Balaban J connectivity index is 1.84. The van der Waals surface area contributed by atoms with Gasteiger partial charge in [0.1, 0.15) is 17.6 Å². The second kappa shape index (κ2) is 7.18. The number of hydrogen-bond acceptors (Lipinski definition) is 3. The molecule has 0 saturated heterocycles. The first-order valence-corrected chi connectivity index (χ1v) is 8.85. The molecule has 0 fully saturated rings. The number of benzene rings is 2. The zero-order chi connectivity index (χ0) is 18.0. The maximum Gasteiger partial charge on any atom is 0.255 e. The third-order valence-corrected chi connectivity index (χ3v) is 4.39. The monoisotopic (exact) mass is 339 g/mol. The fraction of sp³-hybridized carbons (Fsp3) is 0.381. The highest BCUT2D eigenvalue weighted by Crippen LogP contribution is 2.38. The molecule has 0 aromatic heterocycles. The lowest BCUT2D eigenvalue weighted by Crippen LogP contribution is -2.13. The minimum Gasteiger partial charge on any atom is -0.492 e. The van der Waals surface area contributed by atoms with E-state index in [0.717, 1.165) is 17.7 Å². The molecular weight excluding hydrogens is 314 g/mol. The number of nitrogens with one attached hydrogen (secondary N) is 1. The van der Waals surface area contributed by atoms with Gasteiger partial charge >= 0.3 is 0 Å². The van der Waals surface area contributed by atoms with Gasteiger partial charge in [-0.3, -0.25) is 4.79 Å². The molecule has 3 rings (SSSR count). The van der Waals surface area contributed by atoms with E-state index in [9.17, 15) is 4.79 Å². The zero-order valence-corrected chi connectivity index (χ0v) is 15.3. The van der Waals surface area contributed by atoms with Gasteiger partial charge in [-0.1, -0.05) is 26.0 Å². The fourth-order valence-electron chi connectivity index (χ4n) is 3.03. The van der Waals surface area contributed by atoms with Gasteiger partial charge < -0.3 is 14.8 Å². The number of carbonyl (C=O) groups is 1. The van der Waals surface area contributed by atoms with Gasteiger partial charge in [0.15, 0.2) is 0 Å². The van der Waals surface area contributed by atoms with Gasteiger partial charge in [0.25, 0.3) is 5.91 Å². The van der Waals surface area contributed by atoms with Crippen LogP contribution in [0.1, 0.15) is 55.1 Å². The number of fused-ring (bicyclic) bond motifs is 1. The van der Waals surface area contributed by atoms with Gasteiger partial charge in [0.2, 0.25) is 0 Å². The minimum atomic E-state index is -0.151. The lowest BCUT2D eigenvalue weighted by molar-refractivity contribution is 0.102. The predicted molar refractivity (Wildman–Crippen MR) is 99.9 cm³/mol. The van der Waals surface area contributed by atoms with Crippen LogP contribution in [0.15, 0.2) is 36.4 Å². The van der Waals surface area contributed by atoms with E-state index in [-0.39, 0.29) is 12.0 Å². The van der Waals surface area contributed by atoms with Crippen molar-refractivity contribution in [3.8, 4) is 11.5 Å². The number of hydrogen-bond donors (Lipinski definition) is 1. The van der Waals surface area contributed by atoms with Crippen LogP contribution in [-0.4, -0.2) is 18.6 Å². The molecule has 1 atom stereocenters. The van der Waals surface area contributed by atoms with E-state index < -0.39 is 0 Å². The fourth-order valence-corrected chi connectivity index (χ4v) is 3.03. The zero-order valence-electron chi connectivity index (χ0n) is 15.3. The Hall–Kier alpha value is -2.49. The van der Waals surface area contributed by atoms with Crippen LogP contribution in [-0.2, 0) is 6.42 Å². The summed E-state index contributed by atoms with van der Waals surface area (Å²) < 4.78 is 11.5. The highest BCUT2D eigenvalue weighted by molar-refractivity contribution is 6.05. The summed E-state index contributed by atoms with van der Waals surface area (Å²) in [6.07, 6.45) is 1.01. The Morgan fingerprint density at radius 2 is 2.00 bits per heavy atom. The second-order valence-corrected chi connectivity index (χ2v) is 6.75. The van der Waals surface area contributed by atoms with Crippen molar-refractivity contribution in [2.75, 3.05) is 11.9 Å². The molecule has 4 heteroatoms. The molecule has 25 heavy (non-hydrogen) atoms. The van der Waals surface area contributed by atoms with Gasteiger partial charge in [-0.25, -0.2) is 0 Å². The average molecular weight is 339 g/mol. The van der Waals surface area contributed by atoms with Crippen molar-refractivity contribution in [1.29, 1.82) is 0 Å². The van der Waals surface area contributed by atoms with E-state index >= 15 is 0 Å². The van der Waals surface area contributed by atoms with E-state index in [4.69, 9.17) is 9.47 Å². The van der Waals surface area contributed by atoms with Crippen LogP contribution in [0, 0.1) is 0 Å². The number of rotatable bonds is 5. The van der Waals surface area contributed by atoms with Gasteiger partial charge in [-0.15, -0.1) is 0 Å². The first kappa shape index (κ1) is 17.3. The molecule has 1 heterocycles. The van der Waals surface area contributed by atoms with Gasteiger partial charge in [-0.2, -0.15) is 0 Å². The van der Waals surface area contributed by atoms with Crippen molar-refractivity contribution >= 4 is 11.6 Å². The SMILES string of the molecule is CCOc1cc2c(cc1NC(=O)c1ccc(C(C)C)cc1)OC(C)C2. The Morgan fingerprint density at radius 1 is 1.28 bits per heavy atom. The molecule has 0 bridgehead atoms. The third kappa shape index (κ3) is 3.78. The maximum absolute atomic E-state index is 12.6. The van der Waals surface area contributed by atoms with Gasteiger partial charge in [-0.05, 0) is 43.5 Å². The first-order chi connectivity index (χ1) is 12.0. The summed E-state index contributed by atoms with van der Waals surface area (Å²) in [5.74, 6) is 1.80. The van der Waals surface area contributed by atoms with Crippen molar-refractivity contribution in [2.45, 2.75) is 46.1 Å². The molecule has 2 aromatic rings. The molecule has 4 nitrogen and oxygen atoms in total. The highest BCUT2D eigenvalue weighted by atomic mass is 16.5. The van der Waals surface area contributed by atoms with Crippen LogP contribution in [0.5, 0.6) is 11.5 Å². The second-order valence-electron chi connectivity index (χ2n) is 6.75. The summed E-state index contributed by atoms with van der Waals surface area (Å²) in [6.45, 7) is 8.78. The summed E-state index contributed by atoms with van der Waals surface area (Å²) in [5.41, 5.74) is 3.61. The summed E-state index contributed by atoms with van der Waals surface area (Å²) in [5, 5.41) is 2.96. The molecule has 1 amide bonds. The van der Waals surface area contributed by atoms with E-state index in [1.54, 1.807) is 0 Å². The van der Waals surface area contributed by atoms with E-state index in [2.05, 4.69) is 19.2 Å². The average Bonchev–Trinajstić information content (AvgIpc) is 2.94. The smallest absolute Gasteiger partial charge is 0.255 e. The molecular formula is C21H25NO3. The van der Waals surface area contributed by atoms with E-state index in [0.29, 0.717) is 29.5 Å². The van der Waals surface area contributed by atoms with Crippen LogP contribution in [0.2, 0.25) is 0 Å². The summed E-state index contributed by atoms with van der Waals surface area (Å²) in [6, 6.07) is 11.5. The van der Waals surface area contributed by atoms with Crippen molar-refractivity contribution in [3.63, 3.8) is 0 Å². The van der Waals surface area contributed by atoms with Crippen LogP contribution in [0.25, 0.3) is 0 Å². The van der Waals surface area contributed by atoms with Crippen LogP contribution >= 0.6 is 0 Å². The Bertz CT molecular complexity index is 765. The molecule has 0 aliphatic carbocycles.